The summed E-state index contributed by atoms with van der Waals surface area (Å²) >= 11 is 0. The average molecular weight is 272 g/mol. The van der Waals surface area contributed by atoms with Crippen LogP contribution in [0.3, 0.4) is 0 Å². The van der Waals surface area contributed by atoms with Gasteiger partial charge in [0, 0.05) is 17.9 Å². The Morgan fingerprint density at radius 1 is 1.15 bits per heavy atom. The molecule has 1 unspecified atom stereocenters. The molecule has 0 spiro atoms. The quantitative estimate of drug-likeness (QED) is 0.879. The molecule has 0 amide bonds. The molecule has 2 N–H and O–H groups in total. The summed E-state index contributed by atoms with van der Waals surface area (Å²) in [6.07, 6.45) is 7.52. The van der Waals surface area contributed by atoms with Gasteiger partial charge in [-0.25, -0.2) is 4.68 Å². The van der Waals surface area contributed by atoms with Gasteiger partial charge in [-0.15, -0.1) is 0 Å². The first-order valence-corrected chi connectivity index (χ1v) is 7.45. The van der Waals surface area contributed by atoms with Gasteiger partial charge in [-0.3, -0.25) is 4.98 Å². The lowest BCUT2D eigenvalue weighted by Gasteiger charge is -2.10. The molecule has 20 heavy (non-hydrogen) atoms. The summed E-state index contributed by atoms with van der Waals surface area (Å²) in [5, 5.41) is 4.66. The summed E-state index contributed by atoms with van der Waals surface area (Å²) < 4.78 is 2.01. The molecule has 1 atom stereocenters. The van der Waals surface area contributed by atoms with Gasteiger partial charge in [-0.2, -0.15) is 5.10 Å². The predicted molar refractivity (Wildman–Crippen MR) is 82.1 cm³/mol. The van der Waals surface area contributed by atoms with Gasteiger partial charge in [0.05, 0.1) is 17.6 Å². The zero-order valence-corrected chi connectivity index (χ0v) is 12.6. The maximum absolute atomic E-state index is 6.03. The van der Waals surface area contributed by atoms with Crippen LogP contribution in [-0.2, 0) is 19.3 Å². The number of nitrogens with zero attached hydrogens (tertiary/aromatic N) is 3. The predicted octanol–water partition coefficient (Wildman–Crippen LogP) is 2.67. The third-order valence-electron chi connectivity index (χ3n) is 3.61. The second-order valence-corrected chi connectivity index (χ2v) is 5.17. The Hall–Kier alpha value is -1.68. The molecule has 0 saturated carbocycles. The van der Waals surface area contributed by atoms with Gasteiger partial charge in [-0.05, 0) is 43.4 Å². The van der Waals surface area contributed by atoms with Crippen molar-refractivity contribution in [1.29, 1.82) is 0 Å². The summed E-state index contributed by atoms with van der Waals surface area (Å²) in [7, 11) is 0. The molecule has 0 aromatic carbocycles. The van der Waals surface area contributed by atoms with Crippen molar-refractivity contribution in [2.24, 2.45) is 5.73 Å². The van der Waals surface area contributed by atoms with Crippen molar-refractivity contribution < 1.29 is 0 Å². The Bertz CT molecular complexity index is 559. The number of aromatic nitrogens is 3. The molecule has 4 heteroatoms. The fourth-order valence-electron chi connectivity index (χ4n) is 2.27. The maximum Gasteiger partial charge on any atom is 0.0834 e. The zero-order valence-electron chi connectivity index (χ0n) is 12.6. The van der Waals surface area contributed by atoms with Crippen molar-refractivity contribution in [2.45, 2.75) is 52.5 Å². The molecule has 108 valence electrons. The summed E-state index contributed by atoms with van der Waals surface area (Å²) in [4.78, 5) is 4.34. The van der Waals surface area contributed by atoms with Gasteiger partial charge in [0.1, 0.15) is 0 Å². The minimum absolute atomic E-state index is 0.196. The Kier molecular flexibility index (Phi) is 4.90. The largest absolute Gasteiger partial charge is 0.327 e. The number of hydrogen-bond donors (Lipinski definition) is 1. The fourth-order valence-corrected chi connectivity index (χ4v) is 2.27. The van der Waals surface area contributed by atoms with Crippen LogP contribution in [0, 0.1) is 0 Å². The van der Waals surface area contributed by atoms with E-state index >= 15 is 0 Å². The van der Waals surface area contributed by atoms with E-state index in [1.165, 1.54) is 11.3 Å². The zero-order chi connectivity index (χ0) is 14.5. The smallest absolute Gasteiger partial charge is 0.0834 e. The second kappa shape index (κ2) is 6.66. The first-order valence-electron chi connectivity index (χ1n) is 7.45. The Morgan fingerprint density at radius 3 is 2.60 bits per heavy atom. The molecule has 4 nitrogen and oxygen atoms in total. The lowest BCUT2D eigenvalue weighted by molar-refractivity contribution is 0.644. The normalized spacial score (nSPS) is 12.6. The molecular weight excluding hydrogens is 248 g/mol. The average Bonchev–Trinajstić information content (AvgIpc) is 2.90. The lowest BCUT2D eigenvalue weighted by Crippen LogP contribution is -2.21. The number of nitrogens with two attached hydrogens (primary N) is 1. The topological polar surface area (TPSA) is 56.7 Å². The van der Waals surface area contributed by atoms with Crippen LogP contribution in [0.1, 0.15) is 44.1 Å². The van der Waals surface area contributed by atoms with Gasteiger partial charge in [-0.1, -0.05) is 20.8 Å². The van der Waals surface area contributed by atoms with Crippen molar-refractivity contribution in [1.82, 2.24) is 14.8 Å². The van der Waals surface area contributed by atoms with Crippen molar-refractivity contribution >= 4 is 0 Å². The molecule has 0 fully saturated rings. The van der Waals surface area contributed by atoms with E-state index in [0.717, 1.165) is 37.1 Å². The van der Waals surface area contributed by atoms with E-state index in [1.807, 2.05) is 17.1 Å². The molecule has 0 aliphatic carbocycles. The van der Waals surface area contributed by atoms with E-state index in [1.54, 1.807) is 0 Å². The van der Waals surface area contributed by atoms with E-state index in [2.05, 4.69) is 43.0 Å². The van der Waals surface area contributed by atoms with Crippen molar-refractivity contribution in [2.75, 3.05) is 0 Å². The number of pyridine rings is 1. The van der Waals surface area contributed by atoms with E-state index in [0.29, 0.717) is 0 Å². The van der Waals surface area contributed by atoms with Crippen LogP contribution in [0.15, 0.2) is 24.5 Å². The van der Waals surface area contributed by atoms with Gasteiger partial charge >= 0.3 is 0 Å². The van der Waals surface area contributed by atoms with Crippen LogP contribution in [0.2, 0.25) is 0 Å². The molecule has 0 aliphatic heterocycles. The Morgan fingerprint density at radius 2 is 1.95 bits per heavy atom. The Balaban J connectivity index is 2.32. The van der Waals surface area contributed by atoms with Gasteiger partial charge in [0.2, 0.25) is 0 Å². The van der Waals surface area contributed by atoms with Crippen LogP contribution in [-0.4, -0.2) is 20.8 Å². The minimum Gasteiger partial charge on any atom is -0.327 e. The van der Waals surface area contributed by atoms with Gasteiger partial charge < -0.3 is 5.73 Å². The fraction of sp³-hybridized carbons (Fsp3) is 0.500. The van der Waals surface area contributed by atoms with Crippen LogP contribution < -0.4 is 5.73 Å². The standard InChI is InChI=1S/C16H24N4/c1-4-13(17)7-12-8-16(11-18-10-12)20-15(6-3)9-14(5-2)19-20/h8-11,13H,4-7,17H2,1-3H3. The first-order chi connectivity index (χ1) is 9.67. The summed E-state index contributed by atoms with van der Waals surface area (Å²) in [5.41, 5.74) is 10.6. The molecule has 2 heterocycles. The van der Waals surface area contributed by atoms with Crippen LogP contribution in [0.4, 0.5) is 0 Å². The number of hydrogen-bond acceptors (Lipinski definition) is 3. The Labute approximate surface area is 121 Å². The lowest BCUT2D eigenvalue weighted by atomic mass is 10.1. The highest BCUT2D eigenvalue weighted by Crippen LogP contribution is 2.15. The highest BCUT2D eigenvalue weighted by molar-refractivity contribution is 5.34. The molecule has 0 saturated heterocycles. The summed E-state index contributed by atoms with van der Waals surface area (Å²) in [6, 6.07) is 4.51. The van der Waals surface area contributed by atoms with Crippen molar-refractivity contribution in [3.05, 3.63) is 41.5 Å². The monoisotopic (exact) mass is 272 g/mol. The minimum atomic E-state index is 0.196. The first kappa shape index (κ1) is 14.7. The third-order valence-corrected chi connectivity index (χ3v) is 3.61. The number of aryl methyl sites for hydroxylation is 2. The van der Waals surface area contributed by atoms with Crippen molar-refractivity contribution in [3.63, 3.8) is 0 Å². The molecule has 2 aromatic heterocycles. The highest BCUT2D eigenvalue weighted by atomic mass is 15.3. The number of rotatable bonds is 6. The highest BCUT2D eigenvalue weighted by Gasteiger charge is 2.09. The van der Waals surface area contributed by atoms with Crippen LogP contribution in [0.25, 0.3) is 5.69 Å². The third kappa shape index (κ3) is 3.25. The molecule has 2 rings (SSSR count). The molecule has 0 radical (unpaired) electrons. The summed E-state index contributed by atoms with van der Waals surface area (Å²) in [5.74, 6) is 0. The van der Waals surface area contributed by atoms with E-state index in [9.17, 15) is 0 Å². The molecular formula is C16H24N4. The van der Waals surface area contributed by atoms with Crippen LogP contribution in [0.5, 0.6) is 0 Å². The van der Waals surface area contributed by atoms with Crippen molar-refractivity contribution in [3.8, 4) is 5.69 Å². The molecule has 2 aromatic rings. The maximum atomic E-state index is 6.03. The van der Waals surface area contributed by atoms with E-state index in [4.69, 9.17) is 5.73 Å². The van der Waals surface area contributed by atoms with E-state index < -0.39 is 0 Å². The van der Waals surface area contributed by atoms with E-state index in [-0.39, 0.29) is 6.04 Å². The second-order valence-electron chi connectivity index (χ2n) is 5.17. The van der Waals surface area contributed by atoms with Gasteiger partial charge in [0.15, 0.2) is 0 Å². The molecule has 0 bridgehead atoms. The summed E-state index contributed by atoms with van der Waals surface area (Å²) in [6.45, 7) is 6.39. The SMILES string of the molecule is CCc1cc(CC)n(-c2cncc(CC(N)CC)c2)n1. The van der Waals surface area contributed by atoms with Gasteiger partial charge in [0.25, 0.3) is 0 Å². The van der Waals surface area contributed by atoms with Crippen LogP contribution >= 0.6 is 0 Å². The molecule has 0 aliphatic rings.